The molecule has 3 nitrogen and oxygen atoms in total. The van der Waals surface area contributed by atoms with Gasteiger partial charge in [0.1, 0.15) is 0 Å². The number of nitrogens with zero attached hydrogens (tertiary/aromatic N) is 1. The predicted molar refractivity (Wildman–Crippen MR) is 58.1 cm³/mol. The molecule has 0 unspecified atom stereocenters. The Balaban J connectivity index is 2.49. The van der Waals surface area contributed by atoms with Gasteiger partial charge >= 0.3 is 5.97 Å². The molecule has 0 saturated carbocycles. The molecule has 1 aromatic carbocycles. The van der Waals surface area contributed by atoms with Crippen molar-refractivity contribution >= 4 is 28.3 Å². The van der Waals surface area contributed by atoms with Crippen molar-refractivity contribution in [3.8, 4) is 0 Å². The predicted octanol–water partition coefficient (Wildman–Crippen LogP) is 2.52. The first-order chi connectivity index (χ1) is 7.15. The third-order valence-electron chi connectivity index (χ3n) is 2.07. The minimum absolute atomic E-state index is 0.0670. The minimum atomic E-state index is -0.885. The quantitative estimate of drug-likeness (QED) is 0.848. The van der Waals surface area contributed by atoms with Gasteiger partial charge in [0.2, 0.25) is 0 Å². The number of hydrogen-bond acceptors (Lipinski definition) is 2. The second-order valence-corrected chi connectivity index (χ2v) is 3.67. The van der Waals surface area contributed by atoms with Gasteiger partial charge < -0.3 is 5.11 Å². The molecule has 0 aliphatic heterocycles. The highest BCUT2D eigenvalue weighted by molar-refractivity contribution is 6.31. The monoisotopic (exact) mass is 221 g/mol. The summed E-state index contributed by atoms with van der Waals surface area (Å²) < 4.78 is 0. The zero-order chi connectivity index (χ0) is 10.8. The molecule has 0 spiro atoms. The van der Waals surface area contributed by atoms with Crippen molar-refractivity contribution in [1.29, 1.82) is 0 Å². The first-order valence-electron chi connectivity index (χ1n) is 4.41. The molecule has 1 N–H and O–H groups in total. The number of benzene rings is 1. The van der Waals surface area contributed by atoms with Crippen LogP contribution in [-0.4, -0.2) is 16.1 Å². The van der Waals surface area contributed by atoms with E-state index in [0.29, 0.717) is 10.7 Å². The molecule has 2 rings (SSSR count). The van der Waals surface area contributed by atoms with Crippen LogP contribution in [0.3, 0.4) is 0 Å². The van der Waals surface area contributed by atoms with Crippen LogP contribution in [0.15, 0.2) is 30.5 Å². The Bertz CT molecular complexity index is 525. The Hall–Kier alpha value is -1.61. The first-order valence-corrected chi connectivity index (χ1v) is 4.79. The molecule has 1 aromatic heterocycles. The highest BCUT2D eigenvalue weighted by Crippen LogP contribution is 2.19. The van der Waals surface area contributed by atoms with E-state index in [1.807, 2.05) is 6.07 Å². The van der Waals surface area contributed by atoms with E-state index in [1.54, 1.807) is 24.4 Å². The number of aromatic nitrogens is 1. The van der Waals surface area contributed by atoms with E-state index in [1.165, 1.54) is 0 Å². The molecule has 76 valence electrons. The molecule has 0 aliphatic rings. The molecule has 0 radical (unpaired) electrons. The Morgan fingerprint density at radius 3 is 2.87 bits per heavy atom. The van der Waals surface area contributed by atoms with Crippen LogP contribution in [0, 0.1) is 0 Å². The fourth-order valence-electron chi connectivity index (χ4n) is 1.41. The summed E-state index contributed by atoms with van der Waals surface area (Å²) in [6, 6.07) is 7.18. The maximum absolute atomic E-state index is 10.5. The lowest BCUT2D eigenvalue weighted by atomic mass is 10.1. The second kappa shape index (κ2) is 3.87. The summed E-state index contributed by atoms with van der Waals surface area (Å²) in [5, 5.41) is 11.1. The van der Waals surface area contributed by atoms with Crippen molar-refractivity contribution in [2.45, 2.75) is 6.42 Å². The van der Waals surface area contributed by atoms with Crippen molar-refractivity contribution in [2.75, 3.05) is 0 Å². The van der Waals surface area contributed by atoms with Gasteiger partial charge in [0.25, 0.3) is 0 Å². The number of pyridine rings is 1. The van der Waals surface area contributed by atoms with Gasteiger partial charge in [-0.2, -0.15) is 0 Å². The van der Waals surface area contributed by atoms with Gasteiger partial charge in [0, 0.05) is 16.6 Å². The van der Waals surface area contributed by atoms with E-state index in [2.05, 4.69) is 4.98 Å². The van der Waals surface area contributed by atoms with Crippen molar-refractivity contribution in [3.05, 3.63) is 41.2 Å². The van der Waals surface area contributed by atoms with E-state index >= 15 is 0 Å². The van der Waals surface area contributed by atoms with Crippen LogP contribution in [0.1, 0.15) is 5.69 Å². The number of rotatable bonds is 2. The molecule has 15 heavy (non-hydrogen) atoms. The van der Waals surface area contributed by atoms with Gasteiger partial charge in [0.15, 0.2) is 0 Å². The number of fused-ring (bicyclic) bond motifs is 1. The Labute approximate surface area is 91.3 Å². The molecule has 0 saturated heterocycles. The highest BCUT2D eigenvalue weighted by Gasteiger charge is 2.03. The van der Waals surface area contributed by atoms with Crippen LogP contribution in [0.2, 0.25) is 5.02 Å². The summed E-state index contributed by atoms with van der Waals surface area (Å²) in [5.74, 6) is -0.885. The summed E-state index contributed by atoms with van der Waals surface area (Å²) in [7, 11) is 0. The van der Waals surface area contributed by atoms with E-state index in [-0.39, 0.29) is 6.42 Å². The fraction of sp³-hybridized carbons (Fsp3) is 0.0909. The highest BCUT2D eigenvalue weighted by atomic mass is 35.5. The van der Waals surface area contributed by atoms with Gasteiger partial charge in [0.05, 0.1) is 12.1 Å². The summed E-state index contributed by atoms with van der Waals surface area (Å²) in [5.41, 5.74) is 0.539. The van der Waals surface area contributed by atoms with E-state index < -0.39 is 5.97 Å². The van der Waals surface area contributed by atoms with E-state index in [4.69, 9.17) is 16.7 Å². The van der Waals surface area contributed by atoms with Crippen molar-refractivity contribution in [1.82, 2.24) is 4.98 Å². The zero-order valence-electron chi connectivity index (χ0n) is 7.77. The fourth-order valence-corrected chi connectivity index (χ4v) is 1.59. The van der Waals surface area contributed by atoms with Crippen LogP contribution < -0.4 is 0 Å². The molecule has 4 heteroatoms. The Morgan fingerprint density at radius 1 is 1.33 bits per heavy atom. The second-order valence-electron chi connectivity index (χ2n) is 3.24. The average Bonchev–Trinajstić information content (AvgIpc) is 2.16. The van der Waals surface area contributed by atoms with Gasteiger partial charge in [-0.25, -0.2) is 0 Å². The number of carboxylic acid groups (broad SMARTS) is 1. The van der Waals surface area contributed by atoms with Crippen molar-refractivity contribution < 1.29 is 9.90 Å². The van der Waals surface area contributed by atoms with Gasteiger partial charge in [-0.3, -0.25) is 9.78 Å². The summed E-state index contributed by atoms with van der Waals surface area (Å²) in [4.78, 5) is 14.6. The maximum atomic E-state index is 10.5. The SMILES string of the molecule is O=C(O)Cc1cc2cc(Cl)ccc2cn1. The topological polar surface area (TPSA) is 50.2 Å². The van der Waals surface area contributed by atoms with E-state index in [9.17, 15) is 4.79 Å². The molecular weight excluding hydrogens is 214 g/mol. The molecule has 0 fully saturated rings. The molecule has 1 heterocycles. The normalized spacial score (nSPS) is 10.5. The van der Waals surface area contributed by atoms with Crippen LogP contribution >= 0.6 is 11.6 Å². The van der Waals surface area contributed by atoms with E-state index in [0.717, 1.165) is 10.8 Å². The Kier molecular flexibility index (Phi) is 2.56. The summed E-state index contributed by atoms with van der Waals surface area (Å²) >= 11 is 5.84. The lowest BCUT2D eigenvalue weighted by Crippen LogP contribution is -2.01. The van der Waals surface area contributed by atoms with Crippen LogP contribution in [-0.2, 0) is 11.2 Å². The van der Waals surface area contributed by atoms with Crippen molar-refractivity contribution in [2.24, 2.45) is 0 Å². The third-order valence-corrected chi connectivity index (χ3v) is 2.31. The minimum Gasteiger partial charge on any atom is -0.481 e. The molecule has 0 bridgehead atoms. The zero-order valence-corrected chi connectivity index (χ0v) is 8.53. The van der Waals surface area contributed by atoms with Crippen LogP contribution in [0.25, 0.3) is 10.8 Å². The van der Waals surface area contributed by atoms with Gasteiger partial charge in [-0.15, -0.1) is 0 Å². The van der Waals surface area contributed by atoms with Crippen LogP contribution in [0.4, 0.5) is 0 Å². The smallest absolute Gasteiger partial charge is 0.309 e. The number of carbonyl (C=O) groups is 1. The summed E-state index contributed by atoms with van der Waals surface area (Å²) in [6.07, 6.45) is 1.59. The molecule has 0 aliphatic carbocycles. The van der Waals surface area contributed by atoms with Crippen molar-refractivity contribution in [3.63, 3.8) is 0 Å². The third kappa shape index (κ3) is 2.25. The number of aliphatic carboxylic acids is 1. The Morgan fingerprint density at radius 2 is 2.13 bits per heavy atom. The summed E-state index contributed by atoms with van der Waals surface area (Å²) in [6.45, 7) is 0. The number of hydrogen-bond donors (Lipinski definition) is 1. The molecular formula is C11H8ClNO2. The lowest BCUT2D eigenvalue weighted by molar-refractivity contribution is -0.136. The molecule has 0 amide bonds. The number of carboxylic acids is 1. The number of halogens is 1. The maximum Gasteiger partial charge on any atom is 0.309 e. The first kappa shape index (κ1) is 9.93. The largest absolute Gasteiger partial charge is 0.481 e. The molecule has 2 aromatic rings. The van der Waals surface area contributed by atoms with Gasteiger partial charge in [-0.05, 0) is 23.6 Å². The van der Waals surface area contributed by atoms with Crippen LogP contribution in [0.5, 0.6) is 0 Å². The van der Waals surface area contributed by atoms with Gasteiger partial charge in [-0.1, -0.05) is 17.7 Å². The lowest BCUT2D eigenvalue weighted by Gasteiger charge is -2.00. The standard InChI is InChI=1S/C11H8ClNO2/c12-9-2-1-7-6-13-10(5-11(14)15)4-8(7)3-9/h1-4,6H,5H2,(H,14,15). The average molecular weight is 222 g/mol. The molecule has 0 atom stereocenters.